The van der Waals surface area contributed by atoms with Gasteiger partial charge in [0.1, 0.15) is 5.82 Å². The topological polar surface area (TPSA) is 58.1 Å². The molecule has 4 rings (SSSR count). The molecule has 0 saturated carbocycles. The molecule has 1 amide bonds. The van der Waals surface area contributed by atoms with Gasteiger partial charge in [-0.25, -0.2) is 14.4 Å². The predicted octanol–water partition coefficient (Wildman–Crippen LogP) is 4.38. The minimum absolute atomic E-state index is 0.0593. The fraction of sp³-hybridized carbons (Fsp3) is 0.227. The van der Waals surface area contributed by atoms with Crippen molar-refractivity contribution in [3.8, 4) is 0 Å². The lowest BCUT2D eigenvalue weighted by atomic mass is 9.94. The van der Waals surface area contributed by atoms with Gasteiger partial charge in [-0.2, -0.15) is 0 Å². The van der Waals surface area contributed by atoms with E-state index in [0.717, 1.165) is 30.8 Å². The van der Waals surface area contributed by atoms with Crippen molar-refractivity contribution in [2.75, 3.05) is 18.4 Å². The number of nitrogens with zero attached hydrogens (tertiary/aromatic N) is 3. The van der Waals surface area contributed by atoms with Crippen LogP contribution in [0.2, 0.25) is 0 Å². The van der Waals surface area contributed by atoms with Crippen molar-refractivity contribution >= 4 is 17.5 Å². The van der Waals surface area contributed by atoms with Crippen LogP contribution in [0.25, 0.3) is 0 Å². The summed E-state index contributed by atoms with van der Waals surface area (Å²) >= 11 is 0. The first-order valence-corrected chi connectivity index (χ1v) is 9.39. The SMILES string of the molecule is O=C(c1ccccc1)N1CCC[C@H](c2ccnc(Nc3ccc(F)cc3)n2)C1. The Morgan fingerprint density at radius 2 is 1.86 bits per heavy atom. The monoisotopic (exact) mass is 376 g/mol. The van der Waals surface area contributed by atoms with Crippen LogP contribution in [0, 0.1) is 5.82 Å². The molecule has 1 aromatic heterocycles. The quantitative estimate of drug-likeness (QED) is 0.734. The third-order valence-electron chi connectivity index (χ3n) is 4.93. The van der Waals surface area contributed by atoms with E-state index >= 15 is 0 Å². The number of halogens is 1. The summed E-state index contributed by atoms with van der Waals surface area (Å²) in [6.07, 6.45) is 3.63. The third kappa shape index (κ3) is 4.17. The highest BCUT2D eigenvalue weighted by Gasteiger charge is 2.26. The molecule has 1 saturated heterocycles. The molecule has 0 unspecified atom stereocenters. The molecule has 1 aliphatic rings. The number of nitrogens with one attached hydrogen (secondary N) is 1. The van der Waals surface area contributed by atoms with E-state index in [4.69, 9.17) is 0 Å². The van der Waals surface area contributed by atoms with Gasteiger partial charge in [-0.15, -0.1) is 0 Å². The second-order valence-corrected chi connectivity index (χ2v) is 6.89. The van der Waals surface area contributed by atoms with Crippen molar-refractivity contribution in [2.24, 2.45) is 0 Å². The van der Waals surface area contributed by atoms with Crippen molar-refractivity contribution < 1.29 is 9.18 Å². The summed E-state index contributed by atoms with van der Waals surface area (Å²) in [5.41, 5.74) is 2.35. The lowest BCUT2D eigenvalue weighted by molar-refractivity contribution is 0.0706. The zero-order valence-electron chi connectivity index (χ0n) is 15.4. The number of hydrogen-bond donors (Lipinski definition) is 1. The first kappa shape index (κ1) is 18.1. The Morgan fingerprint density at radius 3 is 2.64 bits per heavy atom. The van der Waals surface area contributed by atoms with Crippen LogP contribution >= 0.6 is 0 Å². The van der Waals surface area contributed by atoms with Crippen molar-refractivity contribution in [3.05, 3.63) is 83.9 Å². The molecule has 142 valence electrons. The van der Waals surface area contributed by atoms with Crippen LogP contribution in [0.5, 0.6) is 0 Å². The summed E-state index contributed by atoms with van der Waals surface area (Å²) in [4.78, 5) is 23.5. The number of rotatable bonds is 4. The molecule has 0 aliphatic carbocycles. The molecule has 0 bridgehead atoms. The first-order valence-electron chi connectivity index (χ1n) is 9.39. The largest absolute Gasteiger partial charge is 0.338 e. The summed E-state index contributed by atoms with van der Waals surface area (Å²) in [5.74, 6) is 0.406. The Labute approximate surface area is 163 Å². The van der Waals surface area contributed by atoms with E-state index in [1.54, 1.807) is 18.3 Å². The Bertz CT molecular complexity index is 946. The highest BCUT2D eigenvalue weighted by molar-refractivity contribution is 5.94. The Kier molecular flexibility index (Phi) is 5.28. The molecule has 6 heteroatoms. The molecule has 1 fully saturated rings. The summed E-state index contributed by atoms with van der Waals surface area (Å²) in [6.45, 7) is 1.40. The average Bonchev–Trinajstić information content (AvgIpc) is 2.76. The van der Waals surface area contributed by atoms with Crippen molar-refractivity contribution in [2.45, 2.75) is 18.8 Å². The number of carbonyl (C=O) groups excluding carboxylic acids is 1. The molecule has 2 aromatic carbocycles. The number of hydrogen-bond acceptors (Lipinski definition) is 4. The third-order valence-corrected chi connectivity index (χ3v) is 4.93. The second kappa shape index (κ2) is 8.17. The molecule has 1 aliphatic heterocycles. The molecule has 0 radical (unpaired) electrons. The van der Waals surface area contributed by atoms with E-state index in [1.165, 1.54) is 12.1 Å². The van der Waals surface area contributed by atoms with E-state index in [9.17, 15) is 9.18 Å². The van der Waals surface area contributed by atoms with E-state index in [1.807, 2.05) is 41.3 Å². The van der Waals surface area contributed by atoms with Crippen LogP contribution < -0.4 is 5.32 Å². The van der Waals surface area contributed by atoms with Gasteiger partial charge < -0.3 is 10.2 Å². The number of amides is 1. The van der Waals surface area contributed by atoms with Gasteiger partial charge in [0.2, 0.25) is 5.95 Å². The standard InChI is InChI=1S/C22H21FN4O/c23-18-8-10-19(11-9-18)25-22-24-13-12-20(26-22)17-7-4-14-27(15-17)21(28)16-5-2-1-3-6-16/h1-3,5-6,8-13,17H,4,7,14-15H2,(H,24,25,26)/t17-/m0/s1. The molecule has 2 heterocycles. The second-order valence-electron chi connectivity index (χ2n) is 6.89. The minimum Gasteiger partial charge on any atom is -0.338 e. The molecule has 1 N–H and O–H groups in total. The van der Waals surface area contributed by atoms with Gasteiger partial charge in [0, 0.05) is 36.5 Å². The van der Waals surface area contributed by atoms with Gasteiger partial charge in [-0.1, -0.05) is 18.2 Å². The minimum atomic E-state index is -0.286. The van der Waals surface area contributed by atoms with E-state index in [-0.39, 0.29) is 17.6 Å². The summed E-state index contributed by atoms with van der Waals surface area (Å²) in [5, 5.41) is 3.10. The summed E-state index contributed by atoms with van der Waals surface area (Å²) in [7, 11) is 0. The summed E-state index contributed by atoms with van der Waals surface area (Å²) in [6, 6.07) is 17.3. The number of aromatic nitrogens is 2. The van der Waals surface area contributed by atoms with Crippen molar-refractivity contribution in [1.29, 1.82) is 0 Å². The van der Waals surface area contributed by atoms with Crippen molar-refractivity contribution in [3.63, 3.8) is 0 Å². The number of likely N-dealkylation sites (tertiary alicyclic amines) is 1. The van der Waals surface area contributed by atoms with E-state index in [2.05, 4.69) is 15.3 Å². The van der Waals surface area contributed by atoms with Gasteiger partial charge in [0.15, 0.2) is 0 Å². The predicted molar refractivity (Wildman–Crippen MR) is 106 cm³/mol. The molecule has 5 nitrogen and oxygen atoms in total. The fourth-order valence-electron chi connectivity index (χ4n) is 3.49. The molecule has 28 heavy (non-hydrogen) atoms. The van der Waals surface area contributed by atoms with Gasteiger partial charge in [-0.3, -0.25) is 4.79 Å². The smallest absolute Gasteiger partial charge is 0.253 e. The van der Waals surface area contributed by atoms with Crippen LogP contribution in [-0.4, -0.2) is 33.9 Å². The zero-order valence-corrected chi connectivity index (χ0v) is 15.4. The van der Waals surface area contributed by atoms with Crippen LogP contribution in [0.3, 0.4) is 0 Å². The van der Waals surface area contributed by atoms with E-state index < -0.39 is 0 Å². The maximum Gasteiger partial charge on any atom is 0.253 e. The lowest BCUT2D eigenvalue weighted by Crippen LogP contribution is -2.39. The number of benzene rings is 2. The average molecular weight is 376 g/mol. The van der Waals surface area contributed by atoms with Gasteiger partial charge >= 0.3 is 0 Å². The molecular formula is C22H21FN4O. The van der Waals surface area contributed by atoms with Gasteiger partial charge in [-0.05, 0) is 55.3 Å². The maximum atomic E-state index is 13.1. The molecule has 0 spiro atoms. The Morgan fingerprint density at radius 1 is 1.07 bits per heavy atom. The Hall–Kier alpha value is -3.28. The van der Waals surface area contributed by atoms with Crippen LogP contribution in [0.15, 0.2) is 66.9 Å². The Balaban J connectivity index is 1.47. The van der Waals surface area contributed by atoms with Gasteiger partial charge in [0.05, 0.1) is 5.69 Å². The first-order chi connectivity index (χ1) is 13.7. The van der Waals surface area contributed by atoms with E-state index in [0.29, 0.717) is 18.1 Å². The van der Waals surface area contributed by atoms with Crippen molar-refractivity contribution in [1.82, 2.24) is 14.9 Å². The normalized spacial score (nSPS) is 16.6. The molecular weight excluding hydrogens is 355 g/mol. The summed E-state index contributed by atoms with van der Waals surface area (Å²) < 4.78 is 13.1. The fourth-order valence-corrected chi connectivity index (χ4v) is 3.49. The number of piperidine rings is 1. The molecule has 3 aromatic rings. The zero-order chi connectivity index (χ0) is 19.3. The number of anilines is 2. The van der Waals surface area contributed by atoms with Crippen LogP contribution in [0.4, 0.5) is 16.0 Å². The number of carbonyl (C=O) groups is 1. The maximum absolute atomic E-state index is 13.1. The highest BCUT2D eigenvalue weighted by Crippen LogP contribution is 2.27. The lowest BCUT2D eigenvalue weighted by Gasteiger charge is -2.32. The van der Waals surface area contributed by atoms with Crippen LogP contribution in [-0.2, 0) is 0 Å². The highest BCUT2D eigenvalue weighted by atomic mass is 19.1. The van der Waals surface area contributed by atoms with Crippen LogP contribution in [0.1, 0.15) is 34.8 Å². The van der Waals surface area contributed by atoms with Gasteiger partial charge in [0.25, 0.3) is 5.91 Å². The molecule has 1 atom stereocenters.